The van der Waals surface area contributed by atoms with Crippen LogP contribution in [0.2, 0.25) is 0 Å². The number of para-hydroxylation sites is 1. The van der Waals surface area contributed by atoms with Crippen molar-refractivity contribution in [2.45, 2.75) is 6.10 Å². The average molecular weight is 287 g/mol. The third kappa shape index (κ3) is 5.25. The summed E-state index contributed by atoms with van der Waals surface area (Å²) in [5.41, 5.74) is 2.77. The van der Waals surface area contributed by atoms with Crippen molar-refractivity contribution >= 4 is 5.91 Å². The van der Waals surface area contributed by atoms with Gasteiger partial charge in [0.2, 0.25) is 0 Å². The molecule has 0 spiro atoms. The molecular weight excluding hydrogens is 270 g/mol. The van der Waals surface area contributed by atoms with Crippen LogP contribution in [0.15, 0.2) is 60.7 Å². The highest BCUT2D eigenvalue weighted by molar-refractivity contribution is 5.93. The van der Waals surface area contributed by atoms with Crippen molar-refractivity contribution in [3.63, 3.8) is 0 Å². The smallest absolute Gasteiger partial charge is 0.274 e. The summed E-state index contributed by atoms with van der Waals surface area (Å²) in [6, 6.07) is 17.9. The van der Waals surface area contributed by atoms with Crippen LogP contribution in [0.3, 0.4) is 0 Å². The number of amides is 1. The van der Waals surface area contributed by atoms with Gasteiger partial charge in [0.25, 0.3) is 5.91 Å². The summed E-state index contributed by atoms with van der Waals surface area (Å²) in [4.78, 5) is 16.6. The first-order valence-corrected chi connectivity index (χ1v) is 6.59. The van der Waals surface area contributed by atoms with E-state index in [1.807, 2.05) is 24.3 Å². The predicted molar refractivity (Wildman–Crippen MR) is 77.8 cm³/mol. The Labute approximate surface area is 123 Å². The van der Waals surface area contributed by atoms with Crippen LogP contribution in [-0.2, 0) is 4.84 Å². The van der Waals surface area contributed by atoms with Crippen LogP contribution < -0.4 is 10.2 Å². The molecule has 5 heteroatoms. The summed E-state index contributed by atoms with van der Waals surface area (Å²) >= 11 is 0. The lowest BCUT2D eigenvalue weighted by atomic mass is 10.2. The lowest BCUT2D eigenvalue weighted by Crippen LogP contribution is -2.31. The average Bonchev–Trinajstić information content (AvgIpc) is 2.54. The molecule has 0 aliphatic rings. The molecule has 21 heavy (non-hydrogen) atoms. The van der Waals surface area contributed by atoms with Gasteiger partial charge in [-0.3, -0.25) is 9.63 Å². The summed E-state index contributed by atoms with van der Waals surface area (Å²) in [5.74, 6) is 0.316. The zero-order valence-corrected chi connectivity index (χ0v) is 11.4. The number of hydroxylamine groups is 1. The summed E-state index contributed by atoms with van der Waals surface area (Å²) in [6.45, 7) is 0.0383. The summed E-state index contributed by atoms with van der Waals surface area (Å²) in [5, 5.41) is 9.69. The highest BCUT2D eigenvalue weighted by Gasteiger charge is 2.08. The minimum Gasteiger partial charge on any atom is -0.491 e. The molecule has 0 heterocycles. The van der Waals surface area contributed by atoms with E-state index in [4.69, 9.17) is 9.57 Å². The van der Waals surface area contributed by atoms with Crippen LogP contribution in [0, 0.1) is 0 Å². The van der Waals surface area contributed by atoms with Crippen molar-refractivity contribution in [1.82, 2.24) is 5.48 Å². The van der Waals surface area contributed by atoms with Gasteiger partial charge in [-0.25, -0.2) is 5.48 Å². The first-order chi connectivity index (χ1) is 10.3. The molecular formula is C16H17NO4. The molecule has 5 nitrogen and oxygen atoms in total. The number of nitrogens with one attached hydrogen (secondary N) is 1. The number of ether oxygens (including phenoxy) is 1. The topological polar surface area (TPSA) is 67.8 Å². The molecule has 0 radical (unpaired) electrons. The molecule has 2 rings (SSSR count). The molecule has 0 fully saturated rings. The molecule has 110 valence electrons. The number of hydrogen-bond acceptors (Lipinski definition) is 4. The standard InChI is InChI=1S/C16H17NO4/c18-14(11-20-15-9-5-2-6-10-15)12-21-17-16(19)13-7-3-1-4-8-13/h1-10,14,18H,11-12H2,(H,17,19). The number of carbonyl (C=O) groups is 1. The van der Waals surface area contributed by atoms with Gasteiger partial charge in [0, 0.05) is 5.56 Å². The number of hydrogen-bond donors (Lipinski definition) is 2. The normalized spacial score (nSPS) is 11.7. The maximum atomic E-state index is 11.7. The maximum Gasteiger partial charge on any atom is 0.274 e. The fourth-order valence-corrected chi connectivity index (χ4v) is 1.61. The molecule has 2 aromatic carbocycles. The van der Waals surface area contributed by atoms with Crippen molar-refractivity contribution in [3.05, 3.63) is 66.2 Å². The van der Waals surface area contributed by atoms with E-state index in [1.54, 1.807) is 36.4 Å². The van der Waals surface area contributed by atoms with Crippen LogP contribution in [0.5, 0.6) is 5.75 Å². The molecule has 0 bridgehead atoms. The van der Waals surface area contributed by atoms with Crippen LogP contribution in [0.1, 0.15) is 10.4 Å². The van der Waals surface area contributed by atoms with E-state index >= 15 is 0 Å². The molecule has 0 aliphatic carbocycles. The Bertz CT molecular complexity index is 545. The second-order valence-corrected chi connectivity index (χ2v) is 4.39. The minimum atomic E-state index is -0.832. The Morgan fingerprint density at radius 3 is 2.29 bits per heavy atom. The Hall–Kier alpha value is -2.37. The van der Waals surface area contributed by atoms with E-state index < -0.39 is 6.10 Å². The van der Waals surface area contributed by atoms with Crippen molar-refractivity contribution in [1.29, 1.82) is 0 Å². The van der Waals surface area contributed by atoms with Gasteiger partial charge in [0.05, 0.1) is 0 Å². The van der Waals surface area contributed by atoms with Crippen LogP contribution in [-0.4, -0.2) is 30.3 Å². The Morgan fingerprint density at radius 2 is 1.62 bits per heavy atom. The number of rotatable bonds is 7. The SMILES string of the molecule is O=C(NOCC(O)COc1ccccc1)c1ccccc1. The van der Waals surface area contributed by atoms with Crippen LogP contribution in [0.4, 0.5) is 0 Å². The Balaban J connectivity index is 1.65. The van der Waals surface area contributed by atoms with Crippen molar-refractivity contribution in [3.8, 4) is 5.75 Å². The Kier molecular flexibility index (Phi) is 5.75. The fraction of sp³-hybridized carbons (Fsp3) is 0.188. The summed E-state index contributed by atoms with van der Waals surface area (Å²) in [7, 11) is 0. The molecule has 0 saturated carbocycles. The highest BCUT2D eigenvalue weighted by Crippen LogP contribution is 2.08. The lowest BCUT2D eigenvalue weighted by Gasteiger charge is -2.12. The number of carbonyl (C=O) groups excluding carboxylic acids is 1. The molecule has 2 N–H and O–H groups in total. The van der Waals surface area contributed by atoms with E-state index in [1.165, 1.54) is 0 Å². The molecule has 1 unspecified atom stereocenters. The monoisotopic (exact) mass is 287 g/mol. The number of aliphatic hydroxyl groups is 1. The second kappa shape index (κ2) is 8.04. The second-order valence-electron chi connectivity index (χ2n) is 4.39. The molecule has 2 aromatic rings. The number of aliphatic hydroxyl groups excluding tert-OH is 1. The van der Waals surface area contributed by atoms with Gasteiger partial charge in [-0.05, 0) is 24.3 Å². The zero-order chi connectivity index (χ0) is 14.9. The van der Waals surface area contributed by atoms with E-state index in [2.05, 4.69) is 5.48 Å². The first-order valence-electron chi connectivity index (χ1n) is 6.59. The Morgan fingerprint density at radius 1 is 1.00 bits per heavy atom. The highest BCUT2D eigenvalue weighted by atomic mass is 16.7. The van der Waals surface area contributed by atoms with E-state index in [9.17, 15) is 9.90 Å². The van der Waals surface area contributed by atoms with Gasteiger partial charge < -0.3 is 9.84 Å². The van der Waals surface area contributed by atoms with Gasteiger partial charge in [0.1, 0.15) is 25.1 Å². The third-order valence-corrected chi connectivity index (χ3v) is 2.66. The fourth-order valence-electron chi connectivity index (χ4n) is 1.61. The molecule has 1 atom stereocenters. The minimum absolute atomic E-state index is 0.0502. The molecule has 0 saturated heterocycles. The van der Waals surface area contributed by atoms with E-state index in [0.717, 1.165) is 0 Å². The van der Waals surface area contributed by atoms with Gasteiger partial charge in [-0.2, -0.15) is 0 Å². The quantitative estimate of drug-likeness (QED) is 0.762. The largest absolute Gasteiger partial charge is 0.491 e. The first kappa shape index (κ1) is 15.0. The zero-order valence-electron chi connectivity index (χ0n) is 11.4. The van der Waals surface area contributed by atoms with Gasteiger partial charge >= 0.3 is 0 Å². The van der Waals surface area contributed by atoms with Gasteiger partial charge in [0.15, 0.2) is 0 Å². The van der Waals surface area contributed by atoms with Gasteiger partial charge in [-0.15, -0.1) is 0 Å². The van der Waals surface area contributed by atoms with Crippen LogP contribution >= 0.6 is 0 Å². The summed E-state index contributed by atoms with van der Waals surface area (Å²) < 4.78 is 5.37. The molecule has 1 amide bonds. The molecule has 0 aromatic heterocycles. The number of benzene rings is 2. The van der Waals surface area contributed by atoms with E-state index in [-0.39, 0.29) is 19.1 Å². The third-order valence-electron chi connectivity index (χ3n) is 2.66. The van der Waals surface area contributed by atoms with Crippen molar-refractivity contribution < 1.29 is 19.5 Å². The van der Waals surface area contributed by atoms with Gasteiger partial charge in [-0.1, -0.05) is 36.4 Å². The van der Waals surface area contributed by atoms with E-state index in [0.29, 0.717) is 11.3 Å². The van der Waals surface area contributed by atoms with Crippen molar-refractivity contribution in [2.75, 3.05) is 13.2 Å². The van der Waals surface area contributed by atoms with Crippen molar-refractivity contribution in [2.24, 2.45) is 0 Å². The summed E-state index contributed by atoms with van der Waals surface area (Å²) in [6.07, 6.45) is -0.832. The predicted octanol–water partition coefficient (Wildman–Crippen LogP) is 1.79. The maximum absolute atomic E-state index is 11.7. The lowest BCUT2D eigenvalue weighted by molar-refractivity contribution is -0.0259. The molecule has 0 aliphatic heterocycles. The van der Waals surface area contributed by atoms with Crippen LogP contribution in [0.25, 0.3) is 0 Å².